The van der Waals surface area contributed by atoms with Crippen molar-refractivity contribution in [3.8, 4) is 11.4 Å². The summed E-state index contributed by atoms with van der Waals surface area (Å²) in [5.74, 6) is 0.527. The van der Waals surface area contributed by atoms with E-state index in [2.05, 4.69) is 20.4 Å². The van der Waals surface area contributed by atoms with Crippen LogP contribution in [-0.2, 0) is 4.74 Å². The first-order chi connectivity index (χ1) is 11.3. The van der Waals surface area contributed by atoms with E-state index >= 15 is 0 Å². The lowest BCUT2D eigenvalue weighted by Gasteiger charge is -2.32. The molecule has 0 bridgehead atoms. The van der Waals surface area contributed by atoms with E-state index in [1.54, 1.807) is 0 Å². The number of nitrogens with zero attached hydrogens (tertiary/aromatic N) is 3. The van der Waals surface area contributed by atoms with Gasteiger partial charge in [0.15, 0.2) is 0 Å². The molecule has 7 heteroatoms. The largest absolute Gasteiger partial charge is 0.374 e. The number of aromatic nitrogens is 2. The zero-order valence-electron chi connectivity index (χ0n) is 12.7. The topological polar surface area (TPSA) is 63.4 Å². The lowest BCUT2D eigenvalue weighted by molar-refractivity contribution is -0.0243. The molecule has 1 aliphatic heterocycles. The minimum atomic E-state index is 0.158. The van der Waals surface area contributed by atoms with E-state index in [0.717, 1.165) is 31.3 Å². The van der Waals surface area contributed by atoms with Crippen LogP contribution in [0.5, 0.6) is 0 Å². The summed E-state index contributed by atoms with van der Waals surface area (Å²) in [5.41, 5.74) is 0.836. The molecule has 1 N–H and O–H groups in total. The van der Waals surface area contributed by atoms with Gasteiger partial charge >= 0.3 is 6.01 Å². The lowest BCUT2D eigenvalue weighted by Crippen LogP contribution is -2.46. The first kappa shape index (κ1) is 14.9. The standard InChI is InChI=1S/C16H19ClN4O2/c17-12-3-1-2-11(8-12)15-19-16(23-20-15)18-9-14-10-21(6-7-22-14)13-4-5-13/h1-3,8,13-14H,4-7,9-10H2,(H,18,19,20). The fourth-order valence-electron chi connectivity index (χ4n) is 2.88. The monoisotopic (exact) mass is 334 g/mol. The van der Waals surface area contributed by atoms with Crippen LogP contribution in [0.2, 0.25) is 5.02 Å². The minimum Gasteiger partial charge on any atom is -0.374 e. The quantitative estimate of drug-likeness (QED) is 0.907. The zero-order valence-corrected chi connectivity index (χ0v) is 13.5. The van der Waals surface area contributed by atoms with Gasteiger partial charge in [0.2, 0.25) is 5.82 Å². The molecule has 2 aromatic rings. The molecule has 1 saturated heterocycles. The van der Waals surface area contributed by atoms with Crippen LogP contribution in [0.1, 0.15) is 12.8 Å². The average molecular weight is 335 g/mol. The number of morpholine rings is 1. The Morgan fingerprint density at radius 2 is 2.26 bits per heavy atom. The van der Waals surface area contributed by atoms with Crippen molar-refractivity contribution in [3.63, 3.8) is 0 Å². The number of halogens is 1. The van der Waals surface area contributed by atoms with Crippen LogP contribution in [0.15, 0.2) is 28.8 Å². The van der Waals surface area contributed by atoms with E-state index < -0.39 is 0 Å². The first-order valence-corrected chi connectivity index (χ1v) is 8.35. The molecule has 1 aromatic carbocycles. The fraction of sp³-hybridized carbons (Fsp3) is 0.500. The maximum atomic E-state index is 5.99. The van der Waals surface area contributed by atoms with Crippen molar-refractivity contribution in [1.29, 1.82) is 0 Å². The highest BCUT2D eigenvalue weighted by molar-refractivity contribution is 6.30. The van der Waals surface area contributed by atoms with Crippen molar-refractivity contribution in [1.82, 2.24) is 15.0 Å². The Kier molecular flexibility index (Phi) is 4.20. The van der Waals surface area contributed by atoms with Crippen LogP contribution in [0, 0.1) is 0 Å². The molecule has 0 spiro atoms. The summed E-state index contributed by atoms with van der Waals surface area (Å²) in [7, 11) is 0. The molecule has 23 heavy (non-hydrogen) atoms. The van der Waals surface area contributed by atoms with Gasteiger partial charge in [-0.15, -0.1) is 0 Å². The second-order valence-corrected chi connectivity index (χ2v) is 6.47. The van der Waals surface area contributed by atoms with Gasteiger partial charge in [-0.05, 0) is 25.0 Å². The maximum Gasteiger partial charge on any atom is 0.321 e. The van der Waals surface area contributed by atoms with Crippen molar-refractivity contribution in [3.05, 3.63) is 29.3 Å². The Morgan fingerprint density at radius 1 is 1.35 bits per heavy atom. The van der Waals surface area contributed by atoms with Crippen molar-refractivity contribution >= 4 is 17.6 Å². The Balaban J connectivity index is 1.34. The number of hydrogen-bond acceptors (Lipinski definition) is 6. The molecule has 1 saturated carbocycles. The van der Waals surface area contributed by atoms with E-state index in [0.29, 0.717) is 23.4 Å². The molecule has 2 heterocycles. The predicted molar refractivity (Wildman–Crippen MR) is 87.6 cm³/mol. The first-order valence-electron chi connectivity index (χ1n) is 7.97. The summed E-state index contributed by atoms with van der Waals surface area (Å²) in [6, 6.07) is 8.58. The minimum absolute atomic E-state index is 0.158. The normalized spacial score (nSPS) is 22.2. The van der Waals surface area contributed by atoms with Crippen molar-refractivity contribution in [2.45, 2.75) is 25.0 Å². The molecule has 2 aliphatic rings. The van der Waals surface area contributed by atoms with Crippen molar-refractivity contribution in [2.75, 3.05) is 31.6 Å². The van der Waals surface area contributed by atoms with Crippen LogP contribution in [-0.4, -0.2) is 53.4 Å². The summed E-state index contributed by atoms with van der Waals surface area (Å²) >= 11 is 5.99. The van der Waals surface area contributed by atoms with Crippen LogP contribution < -0.4 is 5.32 Å². The van der Waals surface area contributed by atoms with Crippen molar-refractivity contribution < 1.29 is 9.26 Å². The van der Waals surface area contributed by atoms with E-state index in [1.165, 1.54) is 12.8 Å². The van der Waals surface area contributed by atoms with Gasteiger partial charge in [-0.1, -0.05) is 28.9 Å². The zero-order chi connectivity index (χ0) is 15.6. The molecule has 1 aliphatic carbocycles. The molecule has 1 aromatic heterocycles. The fourth-order valence-corrected chi connectivity index (χ4v) is 3.07. The third kappa shape index (κ3) is 3.65. The van der Waals surface area contributed by atoms with E-state index in [1.807, 2.05) is 24.3 Å². The van der Waals surface area contributed by atoms with Gasteiger partial charge in [0.05, 0.1) is 12.7 Å². The highest BCUT2D eigenvalue weighted by atomic mass is 35.5. The number of benzene rings is 1. The molecule has 1 atom stereocenters. The summed E-state index contributed by atoms with van der Waals surface area (Å²) in [4.78, 5) is 6.87. The van der Waals surface area contributed by atoms with E-state index in [9.17, 15) is 0 Å². The summed E-state index contributed by atoms with van der Waals surface area (Å²) in [6.07, 6.45) is 2.81. The summed E-state index contributed by atoms with van der Waals surface area (Å²) in [5, 5.41) is 7.81. The van der Waals surface area contributed by atoms with Gasteiger partial charge in [0.25, 0.3) is 0 Å². The van der Waals surface area contributed by atoms with Gasteiger partial charge in [-0.3, -0.25) is 4.90 Å². The molecule has 0 amide bonds. The molecule has 1 unspecified atom stereocenters. The average Bonchev–Trinajstić information content (AvgIpc) is 3.32. The van der Waals surface area contributed by atoms with Gasteiger partial charge in [0, 0.05) is 36.3 Å². The Morgan fingerprint density at radius 3 is 3.09 bits per heavy atom. The number of ether oxygens (including phenoxy) is 1. The van der Waals surface area contributed by atoms with E-state index in [-0.39, 0.29) is 6.10 Å². The number of rotatable bonds is 5. The smallest absolute Gasteiger partial charge is 0.321 e. The SMILES string of the molecule is Clc1cccc(-c2noc(NCC3CN(C4CC4)CCO3)n2)c1. The van der Waals surface area contributed by atoms with Gasteiger partial charge in [-0.2, -0.15) is 4.98 Å². The van der Waals surface area contributed by atoms with Crippen LogP contribution in [0.3, 0.4) is 0 Å². The Labute approximate surface area is 139 Å². The van der Waals surface area contributed by atoms with Crippen LogP contribution in [0.25, 0.3) is 11.4 Å². The van der Waals surface area contributed by atoms with Crippen molar-refractivity contribution in [2.24, 2.45) is 0 Å². The van der Waals surface area contributed by atoms with Crippen LogP contribution >= 0.6 is 11.6 Å². The second-order valence-electron chi connectivity index (χ2n) is 6.03. The highest BCUT2D eigenvalue weighted by Crippen LogP contribution is 2.28. The van der Waals surface area contributed by atoms with Gasteiger partial charge in [0.1, 0.15) is 0 Å². The molecule has 4 rings (SSSR count). The third-order valence-electron chi connectivity index (χ3n) is 4.22. The molecule has 0 radical (unpaired) electrons. The third-order valence-corrected chi connectivity index (χ3v) is 4.46. The molecular weight excluding hydrogens is 316 g/mol. The maximum absolute atomic E-state index is 5.99. The number of nitrogens with one attached hydrogen (secondary N) is 1. The molecular formula is C16H19ClN4O2. The Bertz CT molecular complexity index is 674. The lowest BCUT2D eigenvalue weighted by atomic mass is 10.2. The second kappa shape index (κ2) is 6.47. The molecule has 2 fully saturated rings. The van der Waals surface area contributed by atoms with E-state index in [4.69, 9.17) is 20.9 Å². The summed E-state index contributed by atoms with van der Waals surface area (Å²) in [6.45, 7) is 3.47. The van der Waals surface area contributed by atoms with Crippen LogP contribution in [0.4, 0.5) is 6.01 Å². The van der Waals surface area contributed by atoms with Gasteiger partial charge < -0.3 is 14.6 Å². The van der Waals surface area contributed by atoms with Gasteiger partial charge in [-0.25, -0.2) is 0 Å². The predicted octanol–water partition coefficient (Wildman–Crippen LogP) is 2.67. The molecule has 122 valence electrons. The highest BCUT2D eigenvalue weighted by Gasteiger charge is 2.32. The Hall–Kier alpha value is -1.63. The molecule has 6 nitrogen and oxygen atoms in total. The number of anilines is 1. The number of hydrogen-bond donors (Lipinski definition) is 1. The summed E-state index contributed by atoms with van der Waals surface area (Å²) < 4.78 is 11.1.